The molecular formula is C120H83N9O2S2. The van der Waals surface area contributed by atoms with Crippen LogP contribution < -0.4 is 0 Å². The lowest BCUT2D eigenvalue weighted by atomic mass is 10.1. The van der Waals surface area contributed by atoms with Gasteiger partial charge in [0.1, 0.15) is 11.2 Å². The summed E-state index contributed by atoms with van der Waals surface area (Å²) in [6.07, 6.45) is 3.81. The van der Waals surface area contributed by atoms with Gasteiger partial charge in [-0.1, -0.05) is 301 Å². The summed E-state index contributed by atoms with van der Waals surface area (Å²) in [7, 11) is 0. The van der Waals surface area contributed by atoms with Crippen LogP contribution in [0.4, 0.5) is 0 Å². The van der Waals surface area contributed by atoms with Gasteiger partial charge in [-0.05, 0) is 162 Å². The Bertz CT molecular complexity index is 8480. The van der Waals surface area contributed by atoms with Crippen molar-refractivity contribution >= 4 is 194 Å². The highest BCUT2D eigenvalue weighted by Crippen LogP contribution is 2.46. The second-order valence-electron chi connectivity index (χ2n) is 34.1. The summed E-state index contributed by atoms with van der Waals surface area (Å²) < 4.78 is 27.1. The van der Waals surface area contributed by atoms with Crippen molar-refractivity contribution in [2.45, 2.75) is 34.6 Å². The van der Waals surface area contributed by atoms with Crippen molar-refractivity contribution in [1.29, 1.82) is 0 Å². The van der Waals surface area contributed by atoms with Crippen LogP contribution >= 0.6 is 22.7 Å². The molecular weight excluding hydrogens is 1660 g/mol. The predicted octanol–water partition coefficient (Wildman–Crippen LogP) is 32.9. The quantitative estimate of drug-likeness (QED) is 0.156. The molecule has 0 unspecified atom stereocenters. The van der Waals surface area contributed by atoms with Gasteiger partial charge in [0.25, 0.3) is 0 Å². The van der Waals surface area contributed by atoms with E-state index in [2.05, 4.69) is 344 Å². The largest absolute Gasteiger partial charge is 0.454 e. The Balaban J connectivity index is 0.0000000915. The van der Waals surface area contributed by atoms with Gasteiger partial charge in [0, 0.05) is 125 Å². The number of nitrogens with zero attached hydrogens (tertiary/aromatic N) is 9. The maximum absolute atomic E-state index is 6.31. The third-order valence-corrected chi connectivity index (χ3v) is 27.9. The molecule has 0 aliphatic rings. The molecule has 11 nitrogen and oxygen atoms in total. The molecule has 0 amide bonds. The fraction of sp³-hybridized carbons (Fsp3) is 0.0417. The van der Waals surface area contributed by atoms with E-state index in [-0.39, 0.29) is 0 Å². The molecule has 0 saturated heterocycles. The molecule has 0 aliphatic carbocycles. The Hall–Kier alpha value is -16.7. The summed E-state index contributed by atoms with van der Waals surface area (Å²) in [5.41, 5.74) is 24.8. The third-order valence-electron chi connectivity index (χ3n) is 25.5. The van der Waals surface area contributed by atoms with Gasteiger partial charge in [0.2, 0.25) is 0 Å². The highest BCUT2D eigenvalue weighted by Gasteiger charge is 2.24. The summed E-state index contributed by atoms with van der Waals surface area (Å²) in [5, 5.41) is 20.0. The summed E-state index contributed by atoms with van der Waals surface area (Å²) in [6.45, 7) is 10.7. The van der Waals surface area contributed by atoms with E-state index in [1.54, 1.807) is 0 Å². The van der Waals surface area contributed by atoms with Crippen molar-refractivity contribution in [3.05, 3.63) is 441 Å². The number of benzene rings is 17. The number of hydrogen-bond donors (Lipinski definition) is 0. The molecule has 0 N–H and O–H groups in total. The Kier molecular flexibility index (Phi) is 19.8. The van der Waals surface area contributed by atoms with Crippen molar-refractivity contribution in [2.24, 2.45) is 0 Å². The number of furan rings is 2. The molecule has 28 aromatic rings. The number of pyridine rings is 2. The molecule has 0 atom stereocenters. The molecule has 0 aliphatic heterocycles. The standard InChI is InChI=1S/C25H17NO.C25H17NS.C24H16N2O.C24H16N2S.C22H17N3/c2*1-16-13-14-22-20(15-16)17-7-2-4-10-21(17)26(22)23-11-6-9-19-18-8-3-5-12-24(18)27-25(19)23;2*1-15-10-11-21-19(14-15)16-6-2-4-8-20(16)26(21)24-23-18(12-13-25-24)17-7-3-5-9-22(17)27-23;1-16-9-8-14-19(15-16)22-24-20(17-10-4-2-5-11-17)23-21(25-22)18-12-6-3-7-13-18/h2*2-15H,1H3;2*2-14H,1H3;2-15H,1H3. The molecule has 17 aromatic carbocycles. The summed E-state index contributed by atoms with van der Waals surface area (Å²) in [5.74, 6) is 3.91. The van der Waals surface area contributed by atoms with Crippen LogP contribution in [0.1, 0.15) is 27.8 Å². The Morgan fingerprint density at radius 3 is 1.03 bits per heavy atom. The van der Waals surface area contributed by atoms with Gasteiger partial charge < -0.3 is 18.0 Å². The van der Waals surface area contributed by atoms with Crippen LogP contribution in [-0.4, -0.2) is 43.2 Å². The maximum Gasteiger partial charge on any atom is 0.181 e. The van der Waals surface area contributed by atoms with E-state index in [1.165, 1.54) is 150 Å². The molecule has 0 fully saturated rings. The summed E-state index contributed by atoms with van der Waals surface area (Å²) in [6, 6.07) is 140. The molecule has 11 heterocycles. The number of para-hydroxylation sites is 7. The molecule has 11 aromatic heterocycles. The zero-order chi connectivity index (χ0) is 88.9. The van der Waals surface area contributed by atoms with E-state index in [9.17, 15) is 0 Å². The van der Waals surface area contributed by atoms with Gasteiger partial charge in [0.05, 0.1) is 64.9 Å². The van der Waals surface area contributed by atoms with Crippen LogP contribution in [0.5, 0.6) is 0 Å². The molecule has 0 bridgehead atoms. The van der Waals surface area contributed by atoms with E-state index in [1.807, 2.05) is 144 Å². The Labute approximate surface area is 772 Å². The van der Waals surface area contributed by atoms with Crippen LogP contribution in [0.25, 0.3) is 229 Å². The van der Waals surface area contributed by atoms with Gasteiger partial charge in [-0.25, -0.2) is 24.9 Å². The monoisotopic (exact) mass is 1750 g/mol. The van der Waals surface area contributed by atoms with Gasteiger partial charge in [-0.15, -0.1) is 22.7 Å². The molecule has 0 radical (unpaired) electrons. The first-order valence-corrected chi connectivity index (χ1v) is 46.5. The second-order valence-corrected chi connectivity index (χ2v) is 36.2. The van der Waals surface area contributed by atoms with Crippen molar-refractivity contribution in [3.63, 3.8) is 0 Å². The van der Waals surface area contributed by atoms with E-state index in [4.69, 9.17) is 33.8 Å². The molecule has 0 saturated carbocycles. The maximum atomic E-state index is 6.31. The average molecular weight is 1750 g/mol. The molecule has 0 spiro atoms. The van der Waals surface area contributed by atoms with Crippen LogP contribution in [0.2, 0.25) is 0 Å². The van der Waals surface area contributed by atoms with Gasteiger partial charge in [0.15, 0.2) is 40.3 Å². The minimum Gasteiger partial charge on any atom is -0.454 e. The van der Waals surface area contributed by atoms with Gasteiger partial charge in [-0.2, -0.15) is 0 Å². The first-order valence-electron chi connectivity index (χ1n) is 44.8. The molecule has 632 valence electrons. The van der Waals surface area contributed by atoms with Crippen molar-refractivity contribution in [2.75, 3.05) is 0 Å². The number of rotatable bonds is 7. The highest BCUT2D eigenvalue weighted by atomic mass is 32.1. The van der Waals surface area contributed by atoms with E-state index >= 15 is 0 Å². The SMILES string of the molecule is Cc1ccc2c(c1)c1ccccc1n2-c1cccc2c1oc1ccccc12.Cc1ccc2c(c1)c1ccccc1n2-c1cccc2c1sc1ccccc12.Cc1ccc2c(c1)c1ccccc1n2-c1nccc2c1oc1ccccc12.Cc1ccc2c(c1)c1ccccc1n2-c1nccc2c1sc1ccccc12.Cc1cccc(-c2nc(-c3ccccc3)nc(-c3ccccc3)n2)c1. The molecule has 13 heteroatoms. The fourth-order valence-electron chi connectivity index (χ4n) is 19.5. The zero-order valence-electron chi connectivity index (χ0n) is 73.4. The van der Waals surface area contributed by atoms with Crippen molar-refractivity contribution < 1.29 is 8.83 Å². The first kappa shape index (κ1) is 79.7. The van der Waals surface area contributed by atoms with E-state index in [0.717, 1.165) is 88.9 Å². The first-order chi connectivity index (χ1) is 65.5. The van der Waals surface area contributed by atoms with Crippen LogP contribution in [0, 0.1) is 34.6 Å². The van der Waals surface area contributed by atoms with Crippen LogP contribution in [0.15, 0.2) is 422 Å². The molecule has 133 heavy (non-hydrogen) atoms. The zero-order valence-corrected chi connectivity index (χ0v) is 75.1. The lowest BCUT2D eigenvalue weighted by molar-refractivity contribution is 0.663. The van der Waals surface area contributed by atoms with Gasteiger partial charge >= 0.3 is 0 Å². The summed E-state index contributed by atoms with van der Waals surface area (Å²) in [4.78, 5) is 23.7. The van der Waals surface area contributed by atoms with E-state index < -0.39 is 0 Å². The smallest absolute Gasteiger partial charge is 0.181 e. The van der Waals surface area contributed by atoms with Crippen molar-refractivity contribution in [1.82, 2.24) is 43.2 Å². The normalized spacial score (nSPS) is 11.6. The Morgan fingerprint density at radius 2 is 0.534 bits per heavy atom. The van der Waals surface area contributed by atoms with E-state index in [0.29, 0.717) is 17.5 Å². The van der Waals surface area contributed by atoms with Crippen LogP contribution in [0.3, 0.4) is 0 Å². The molecule has 28 rings (SSSR count). The lowest BCUT2D eigenvalue weighted by Gasteiger charge is -2.09. The van der Waals surface area contributed by atoms with Gasteiger partial charge in [-0.3, -0.25) is 9.13 Å². The highest BCUT2D eigenvalue weighted by molar-refractivity contribution is 7.26. The predicted molar refractivity (Wildman–Crippen MR) is 559 cm³/mol. The Morgan fingerprint density at radius 1 is 0.211 bits per heavy atom. The second kappa shape index (κ2) is 33.1. The number of aromatic nitrogens is 9. The van der Waals surface area contributed by atoms with Crippen molar-refractivity contribution in [3.8, 4) is 57.2 Å². The number of aryl methyl sites for hydroxylation is 5. The summed E-state index contributed by atoms with van der Waals surface area (Å²) >= 11 is 3.71. The topological polar surface area (TPSA) is 110 Å². The number of fused-ring (bicyclic) bond motifs is 24. The minimum atomic E-state index is 0.686. The lowest BCUT2D eigenvalue weighted by Crippen LogP contribution is -2.00. The number of thiophene rings is 2. The minimum absolute atomic E-state index is 0.686. The number of hydrogen-bond acceptors (Lipinski definition) is 9. The third kappa shape index (κ3) is 14.0. The van der Waals surface area contributed by atoms with Crippen LogP contribution in [-0.2, 0) is 0 Å². The fourth-order valence-corrected chi connectivity index (χ4v) is 21.8. The average Bonchev–Trinajstić information content (AvgIpc) is 1.59.